The first-order valence-electron chi connectivity index (χ1n) is 13.0. The zero-order valence-electron chi connectivity index (χ0n) is 21.1. The highest BCUT2D eigenvalue weighted by Crippen LogP contribution is 2.69. The van der Waals surface area contributed by atoms with Crippen LogP contribution in [0.15, 0.2) is 48.1 Å². The first-order chi connectivity index (χ1) is 17.0. The van der Waals surface area contributed by atoms with Crippen molar-refractivity contribution in [1.29, 1.82) is 0 Å². The van der Waals surface area contributed by atoms with Crippen molar-refractivity contribution in [2.45, 2.75) is 58.2 Å². The van der Waals surface area contributed by atoms with Crippen molar-refractivity contribution in [2.24, 2.45) is 34.5 Å². The number of carbonyl (C=O) groups excluding carboxylic acids is 2. The maximum atomic E-state index is 17.2. The summed E-state index contributed by atoms with van der Waals surface area (Å²) in [7, 11) is 0. The van der Waals surface area contributed by atoms with E-state index in [1.54, 1.807) is 12.2 Å². The molecule has 1 aromatic carbocycles. The number of ether oxygens (including phenoxy) is 1. The summed E-state index contributed by atoms with van der Waals surface area (Å²) in [5.41, 5.74) is -2.68. The van der Waals surface area contributed by atoms with Crippen molar-refractivity contribution < 1.29 is 28.2 Å². The summed E-state index contributed by atoms with van der Waals surface area (Å²) in [6, 6.07) is 5.72. The quantitative estimate of drug-likeness (QED) is 0.583. The van der Waals surface area contributed by atoms with E-state index in [0.29, 0.717) is 25.1 Å². The largest absolute Gasteiger partial charge is 0.492 e. The number of fused-ring (bicyclic) bond motifs is 5. The van der Waals surface area contributed by atoms with Crippen LogP contribution in [0.3, 0.4) is 0 Å². The molecule has 0 aromatic heterocycles. The standard InChI is InChI=1S/C29H35F2NO4/c1-17-14-23-22-9-4-18-15-20(33)10-11-28(18,3)29(22,31)24(34)16-27(23,2)25(17)26(35)32-12-13-36-21-7-5-19(30)6-8-21/h5-8,10-11,15,17,22-25,34H,4,9,12-14,16H2,1-3H3,(H,32,35). The molecular formula is C29H35F2NO4. The van der Waals surface area contributed by atoms with Gasteiger partial charge in [0.25, 0.3) is 0 Å². The Morgan fingerprint density at radius 1 is 1.22 bits per heavy atom. The summed E-state index contributed by atoms with van der Waals surface area (Å²) in [5, 5.41) is 14.4. The van der Waals surface area contributed by atoms with Gasteiger partial charge in [0, 0.05) is 17.3 Å². The van der Waals surface area contributed by atoms with Crippen molar-refractivity contribution >= 4 is 11.7 Å². The molecule has 0 heterocycles. The van der Waals surface area contributed by atoms with Crippen LogP contribution in [-0.4, -0.2) is 41.7 Å². The molecule has 4 aliphatic rings. The summed E-state index contributed by atoms with van der Waals surface area (Å²) in [4.78, 5) is 25.4. The van der Waals surface area contributed by atoms with E-state index >= 15 is 4.39 Å². The molecule has 1 aromatic rings. The number of ketones is 1. The Balaban J connectivity index is 1.32. The molecule has 8 atom stereocenters. The van der Waals surface area contributed by atoms with Crippen LogP contribution in [0.4, 0.5) is 8.78 Å². The average Bonchev–Trinajstić information content (AvgIpc) is 3.09. The zero-order valence-corrected chi connectivity index (χ0v) is 21.1. The SMILES string of the molecule is CC1CC2C3CCC4=CC(=O)C=CC4(C)C3(F)C(O)CC2(C)C1C(=O)NCCOc1ccc(F)cc1. The molecular weight excluding hydrogens is 464 g/mol. The van der Waals surface area contributed by atoms with E-state index < -0.39 is 28.5 Å². The van der Waals surface area contributed by atoms with E-state index in [9.17, 15) is 19.1 Å². The van der Waals surface area contributed by atoms with E-state index in [1.807, 2.05) is 20.8 Å². The number of alkyl halides is 1. The number of carbonyl (C=O) groups is 2. The van der Waals surface area contributed by atoms with Gasteiger partial charge in [-0.15, -0.1) is 0 Å². The van der Waals surface area contributed by atoms with Crippen LogP contribution in [0.2, 0.25) is 0 Å². The molecule has 0 spiro atoms. The minimum absolute atomic E-state index is 0.0424. The number of rotatable bonds is 5. The fourth-order valence-electron chi connectivity index (χ4n) is 8.12. The highest BCUT2D eigenvalue weighted by molar-refractivity contribution is 6.01. The van der Waals surface area contributed by atoms with Gasteiger partial charge in [-0.2, -0.15) is 0 Å². The molecule has 1 amide bonds. The van der Waals surface area contributed by atoms with Gasteiger partial charge in [-0.1, -0.05) is 25.5 Å². The summed E-state index contributed by atoms with van der Waals surface area (Å²) < 4.78 is 35.8. The van der Waals surface area contributed by atoms with Gasteiger partial charge in [-0.3, -0.25) is 9.59 Å². The third kappa shape index (κ3) is 3.65. The Labute approximate surface area is 211 Å². The van der Waals surface area contributed by atoms with Crippen LogP contribution in [0, 0.1) is 40.3 Å². The molecule has 3 saturated carbocycles. The third-order valence-electron chi connectivity index (χ3n) is 9.75. The predicted octanol–water partition coefficient (Wildman–Crippen LogP) is 4.55. The second-order valence-corrected chi connectivity index (χ2v) is 11.6. The smallest absolute Gasteiger partial charge is 0.224 e. The minimum atomic E-state index is -1.88. The molecule has 3 fully saturated rings. The number of amides is 1. The van der Waals surface area contributed by atoms with Crippen LogP contribution in [0.5, 0.6) is 5.75 Å². The number of aliphatic hydroxyl groups is 1. The van der Waals surface area contributed by atoms with Gasteiger partial charge >= 0.3 is 0 Å². The van der Waals surface area contributed by atoms with Crippen LogP contribution in [-0.2, 0) is 9.59 Å². The van der Waals surface area contributed by atoms with Crippen LogP contribution in [0.1, 0.15) is 46.5 Å². The first-order valence-corrected chi connectivity index (χ1v) is 13.0. The maximum Gasteiger partial charge on any atom is 0.224 e. The van der Waals surface area contributed by atoms with Crippen molar-refractivity contribution in [1.82, 2.24) is 5.32 Å². The molecule has 5 nitrogen and oxygen atoms in total. The van der Waals surface area contributed by atoms with Crippen molar-refractivity contribution in [3.05, 3.63) is 53.9 Å². The number of allylic oxidation sites excluding steroid dienone is 4. The van der Waals surface area contributed by atoms with E-state index in [2.05, 4.69) is 5.32 Å². The van der Waals surface area contributed by atoms with Crippen molar-refractivity contribution in [3.63, 3.8) is 0 Å². The van der Waals surface area contributed by atoms with Gasteiger partial charge in [0.15, 0.2) is 11.5 Å². The molecule has 8 unspecified atom stereocenters. The number of hydrogen-bond acceptors (Lipinski definition) is 4. The van der Waals surface area contributed by atoms with Crippen LogP contribution >= 0.6 is 0 Å². The van der Waals surface area contributed by atoms with Gasteiger partial charge in [-0.05, 0) is 86.3 Å². The summed E-state index contributed by atoms with van der Waals surface area (Å²) in [5.74, 6) is -0.785. The number of hydrogen-bond donors (Lipinski definition) is 2. The van der Waals surface area contributed by atoms with Gasteiger partial charge in [-0.25, -0.2) is 8.78 Å². The van der Waals surface area contributed by atoms with Gasteiger partial charge in [0.1, 0.15) is 18.2 Å². The Morgan fingerprint density at radius 3 is 2.67 bits per heavy atom. The lowest BCUT2D eigenvalue weighted by molar-refractivity contribution is -0.195. The lowest BCUT2D eigenvalue weighted by Gasteiger charge is -2.61. The Bertz CT molecular complexity index is 1120. The summed E-state index contributed by atoms with van der Waals surface area (Å²) in [6.45, 7) is 6.44. The molecule has 0 radical (unpaired) electrons. The molecule has 0 aliphatic heterocycles. The molecule has 0 saturated heterocycles. The van der Waals surface area contributed by atoms with Crippen molar-refractivity contribution in [2.75, 3.05) is 13.2 Å². The summed E-state index contributed by atoms with van der Waals surface area (Å²) >= 11 is 0. The first kappa shape index (κ1) is 25.1. The fourth-order valence-corrected chi connectivity index (χ4v) is 8.12. The Morgan fingerprint density at radius 2 is 1.94 bits per heavy atom. The zero-order chi connectivity index (χ0) is 25.9. The maximum absolute atomic E-state index is 17.2. The van der Waals surface area contributed by atoms with Crippen LogP contribution in [0.25, 0.3) is 0 Å². The monoisotopic (exact) mass is 499 g/mol. The lowest BCUT2D eigenvalue weighted by atomic mass is 9.45. The van der Waals surface area contributed by atoms with E-state index in [4.69, 9.17) is 4.74 Å². The number of halogens is 2. The van der Waals surface area contributed by atoms with E-state index in [-0.39, 0.29) is 48.3 Å². The third-order valence-corrected chi connectivity index (χ3v) is 9.75. The predicted molar refractivity (Wildman–Crippen MR) is 131 cm³/mol. The molecule has 36 heavy (non-hydrogen) atoms. The number of nitrogens with one attached hydrogen (secondary N) is 1. The highest BCUT2D eigenvalue weighted by atomic mass is 19.1. The topological polar surface area (TPSA) is 75.6 Å². The number of aliphatic hydroxyl groups excluding tert-OH is 1. The van der Waals surface area contributed by atoms with Gasteiger partial charge in [0.05, 0.1) is 12.6 Å². The molecule has 194 valence electrons. The van der Waals surface area contributed by atoms with Gasteiger partial charge < -0.3 is 15.2 Å². The Kier molecular flexibility index (Phi) is 6.13. The Hall–Kier alpha value is -2.54. The molecule has 0 bridgehead atoms. The second kappa shape index (κ2) is 8.79. The molecule has 4 aliphatic carbocycles. The highest BCUT2D eigenvalue weighted by Gasteiger charge is 2.71. The normalized spacial score (nSPS) is 41.1. The minimum Gasteiger partial charge on any atom is -0.492 e. The van der Waals surface area contributed by atoms with E-state index in [0.717, 1.165) is 12.0 Å². The van der Waals surface area contributed by atoms with Crippen molar-refractivity contribution in [3.8, 4) is 5.75 Å². The van der Waals surface area contributed by atoms with Crippen LogP contribution < -0.4 is 10.1 Å². The molecule has 2 N–H and O–H groups in total. The number of benzene rings is 1. The second-order valence-electron chi connectivity index (χ2n) is 11.6. The lowest BCUT2D eigenvalue weighted by Crippen LogP contribution is -2.67. The van der Waals surface area contributed by atoms with E-state index in [1.165, 1.54) is 30.3 Å². The summed E-state index contributed by atoms with van der Waals surface area (Å²) in [6.07, 6.45) is 5.49. The average molecular weight is 500 g/mol. The molecule has 5 rings (SSSR count). The van der Waals surface area contributed by atoms with Gasteiger partial charge in [0.2, 0.25) is 5.91 Å². The molecule has 7 heteroatoms. The fraction of sp³-hybridized carbons (Fsp3) is 0.586.